The van der Waals surface area contributed by atoms with Gasteiger partial charge in [-0.25, -0.2) is 8.42 Å². The molecule has 0 N–H and O–H groups in total. The highest BCUT2D eigenvalue weighted by molar-refractivity contribution is 7.88. The van der Waals surface area contributed by atoms with Crippen molar-refractivity contribution in [2.75, 3.05) is 40.0 Å². The van der Waals surface area contributed by atoms with Crippen LogP contribution in [0.25, 0.3) is 0 Å². The molecule has 0 radical (unpaired) electrons. The lowest BCUT2D eigenvalue weighted by atomic mass is 10.1. The Balaban J connectivity index is 0.00000392. The van der Waals surface area contributed by atoms with Crippen molar-refractivity contribution in [1.29, 1.82) is 0 Å². The van der Waals surface area contributed by atoms with Gasteiger partial charge in [0, 0.05) is 25.2 Å². The minimum atomic E-state index is -3.32. The topological polar surface area (TPSA) is 49.9 Å². The van der Waals surface area contributed by atoms with Crippen LogP contribution >= 0.6 is 12.4 Å². The molecule has 28 heavy (non-hydrogen) atoms. The van der Waals surface area contributed by atoms with E-state index in [4.69, 9.17) is 4.74 Å². The molecule has 2 rings (SSSR count). The molecule has 0 aliphatic rings. The van der Waals surface area contributed by atoms with E-state index >= 15 is 0 Å². The van der Waals surface area contributed by atoms with Gasteiger partial charge in [0.25, 0.3) is 0 Å². The van der Waals surface area contributed by atoms with E-state index in [9.17, 15) is 8.42 Å². The maximum atomic E-state index is 12.3. The molecule has 0 aliphatic heterocycles. The molecule has 7 heteroatoms. The van der Waals surface area contributed by atoms with Gasteiger partial charge in [0.15, 0.2) is 0 Å². The van der Waals surface area contributed by atoms with Crippen LogP contribution in [-0.2, 0) is 23.0 Å². The zero-order valence-corrected chi connectivity index (χ0v) is 18.5. The molecule has 0 aliphatic carbocycles. The first-order valence-corrected chi connectivity index (χ1v) is 11.1. The average Bonchev–Trinajstić information content (AvgIpc) is 2.63. The normalized spacial score (nSPS) is 11.5. The van der Waals surface area contributed by atoms with Gasteiger partial charge in [0.2, 0.25) is 10.0 Å². The van der Waals surface area contributed by atoms with Crippen molar-refractivity contribution in [2.24, 2.45) is 0 Å². The summed E-state index contributed by atoms with van der Waals surface area (Å²) >= 11 is 0. The molecule has 0 spiro atoms. The van der Waals surface area contributed by atoms with E-state index in [0.29, 0.717) is 26.1 Å². The third-order valence-corrected chi connectivity index (χ3v) is 5.54. The number of hydrogen-bond donors (Lipinski definition) is 0. The number of nitrogens with zero attached hydrogens (tertiary/aromatic N) is 2. The van der Waals surface area contributed by atoms with E-state index in [0.717, 1.165) is 29.8 Å². The summed E-state index contributed by atoms with van der Waals surface area (Å²) in [5.74, 6) is 0.754. The Hall–Kier alpha value is -1.60. The van der Waals surface area contributed by atoms with Gasteiger partial charge in [-0.2, -0.15) is 4.31 Å². The van der Waals surface area contributed by atoms with Crippen LogP contribution in [0.1, 0.15) is 17.5 Å². The summed E-state index contributed by atoms with van der Waals surface area (Å²) in [6, 6.07) is 17.6. The van der Waals surface area contributed by atoms with Crippen LogP contribution in [0.4, 0.5) is 0 Å². The summed E-state index contributed by atoms with van der Waals surface area (Å²) in [4.78, 5) is 2.12. The molecule has 0 atom stereocenters. The predicted octanol–water partition coefficient (Wildman–Crippen LogP) is 3.44. The predicted molar refractivity (Wildman–Crippen MR) is 118 cm³/mol. The summed E-state index contributed by atoms with van der Waals surface area (Å²) in [6.45, 7) is 2.32. The molecule has 156 valence electrons. The lowest BCUT2D eigenvalue weighted by molar-refractivity contribution is 0.276. The van der Waals surface area contributed by atoms with Gasteiger partial charge in [-0.15, -0.1) is 12.4 Å². The third kappa shape index (κ3) is 8.61. The molecule has 0 heterocycles. The summed E-state index contributed by atoms with van der Waals surface area (Å²) in [5.41, 5.74) is 2.01. The Morgan fingerprint density at radius 2 is 1.57 bits per heavy atom. The molecule has 0 saturated heterocycles. The maximum Gasteiger partial charge on any atom is 0.211 e. The molecule has 0 aromatic heterocycles. The smallest absolute Gasteiger partial charge is 0.211 e. The van der Waals surface area contributed by atoms with E-state index in [-0.39, 0.29) is 12.4 Å². The highest BCUT2D eigenvalue weighted by Crippen LogP contribution is 2.21. The van der Waals surface area contributed by atoms with E-state index in [2.05, 4.69) is 4.90 Å². The van der Waals surface area contributed by atoms with E-state index in [1.807, 2.05) is 68.7 Å². The Labute approximate surface area is 175 Å². The van der Waals surface area contributed by atoms with Crippen LogP contribution < -0.4 is 4.74 Å². The van der Waals surface area contributed by atoms with Crippen LogP contribution in [0.5, 0.6) is 5.75 Å². The van der Waals surface area contributed by atoms with Gasteiger partial charge in [0.05, 0.1) is 12.9 Å². The number of rotatable bonds is 11. The van der Waals surface area contributed by atoms with E-state index < -0.39 is 10.0 Å². The lowest BCUT2D eigenvalue weighted by Gasteiger charge is -2.22. The Bertz CT molecular complexity index is 798. The molecule has 2 aromatic carbocycles. The van der Waals surface area contributed by atoms with Crippen LogP contribution in [0, 0.1) is 0 Å². The van der Waals surface area contributed by atoms with Crippen LogP contribution in [0.3, 0.4) is 0 Å². The molecular weight excluding hydrogens is 396 g/mol. The highest BCUT2D eigenvalue weighted by Gasteiger charge is 2.18. The molecular formula is C21H31ClN2O3S. The van der Waals surface area contributed by atoms with Gasteiger partial charge in [-0.05, 0) is 38.6 Å². The number of benzene rings is 2. The van der Waals surface area contributed by atoms with Crippen molar-refractivity contribution in [1.82, 2.24) is 9.21 Å². The fraction of sp³-hybridized carbons (Fsp3) is 0.429. The molecule has 0 saturated carbocycles. The van der Waals surface area contributed by atoms with E-state index in [1.54, 1.807) is 0 Å². The third-order valence-electron chi connectivity index (χ3n) is 4.29. The van der Waals surface area contributed by atoms with Crippen LogP contribution in [0.2, 0.25) is 0 Å². The van der Waals surface area contributed by atoms with Gasteiger partial charge in [-0.1, -0.05) is 48.5 Å². The minimum absolute atomic E-state index is 0. The van der Waals surface area contributed by atoms with Gasteiger partial charge in [-0.3, -0.25) is 0 Å². The quantitative estimate of drug-likeness (QED) is 0.516. The Morgan fingerprint density at radius 3 is 2.21 bits per heavy atom. The first-order valence-electron chi connectivity index (χ1n) is 9.21. The van der Waals surface area contributed by atoms with Gasteiger partial charge < -0.3 is 9.64 Å². The second-order valence-corrected chi connectivity index (χ2v) is 8.93. The molecule has 5 nitrogen and oxygen atoms in total. The van der Waals surface area contributed by atoms with Crippen molar-refractivity contribution < 1.29 is 13.2 Å². The largest absolute Gasteiger partial charge is 0.493 e. The molecule has 0 unspecified atom stereocenters. The standard InChI is InChI=1S/C21H30N2O3S.ClH/c1-22(2)15-9-17-26-21-13-8-7-12-20(21)18-23(27(3,24)25)16-14-19-10-5-4-6-11-19;/h4-8,10-13H,9,14-18H2,1-3H3;1H. The first kappa shape index (κ1) is 24.4. The zero-order chi connectivity index (χ0) is 19.7. The maximum absolute atomic E-state index is 12.3. The second-order valence-electron chi connectivity index (χ2n) is 6.95. The molecule has 2 aromatic rings. The lowest BCUT2D eigenvalue weighted by Crippen LogP contribution is -2.31. The summed E-state index contributed by atoms with van der Waals surface area (Å²) in [7, 11) is 0.750. The molecule has 0 bridgehead atoms. The Kier molecular flexibility index (Phi) is 10.5. The first-order chi connectivity index (χ1) is 12.9. The number of ether oxygens (including phenoxy) is 1. The van der Waals surface area contributed by atoms with Crippen molar-refractivity contribution in [3.05, 3.63) is 65.7 Å². The summed E-state index contributed by atoms with van der Waals surface area (Å²) in [6.07, 6.45) is 2.86. The van der Waals surface area contributed by atoms with Crippen molar-refractivity contribution in [3.63, 3.8) is 0 Å². The van der Waals surface area contributed by atoms with Crippen LogP contribution in [0.15, 0.2) is 54.6 Å². The number of halogens is 1. The number of hydrogen-bond acceptors (Lipinski definition) is 4. The monoisotopic (exact) mass is 426 g/mol. The van der Waals surface area contributed by atoms with Crippen molar-refractivity contribution in [2.45, 2.75) is 19.4 Å². The molecule has 0 fully saturated rings. The second kappa shape index (κ2) is 12.1. The fourth-order valence-electron chi connectivity index (χ4n) is 2.79. The summed E-state index contributed by atoms with van der Waals surface area (Å²) < 4.78 is 32.0. The van der Waals surface area contributed by atoms with Crippen LogP contribution in [-0.4, -0.2) is 57.7 Å². The molecule has 0 amide bonds. The van der Waals surface area contributed by atoms with Crippen molar-refractivity contribution in [3.8, 4) is 5.75 Å². The SMILES string of the molecule is CN(C)CCCOc1ccccc1CN(CCc1ccccc1)S(C)(=O)=O.Cl. The Morgan fingerprint density at radius 1 is 0.929 bits per heavy atom. The van der Waals surface area contributed by atoms with E-state index in [1.165, 1.54) is 10.6 Å². The number of para-hydroxylation sites is 1. The van der Waals surface area contributed by atoms with Gasteiger partial charge >= 0.3 is 0 Å². The zero-order valence-electron chi connectivity index (χ0n) is 16.9. The van der Waals surface area contributed by atoms with Crippen molar-refractivity contribution >= 4 is 22.4 Å². The van der Waals surface area contributed by atoms with Gasteiger partial charge in [0.1, 0.15) is 5.75 Å². The highest BCUT2D eigenvalue weighted by atomic mass is 35.5. The fourth-order valence-corrected chi connectivity index (χ4v) is 3.59. The number of sulfonamides is 1. The average molecular weight is 427 g/mol. The summed E-state index contributed by atoms with van der Waals surface area (Å²) in [5, 5.41) is 0. The minimum Gasteiger partial charge on any atom is -0.493 e.